The lowest BCUT2D eigenvalue weighted by molar-refractivity contribution is 0.0162. The Kier molecular flexibility index (Phi) is 7.91. The minimum absolute atomic E-state index is 0.108. The van der Waals surface area contributed by atoms with Crippen LogP contribution in [0.5, 0.6) is 0 Å². The van der Waals surface area contributed by atoms with Crippen molar-refractivity contribution in [2.75, 3.05) is 32.8 Å². The van der Waals surface area contributed by atoms with Crippen LogP contribution in [0.4, 0.5) is 0 Å². The standard InChI is InChI=1S/C30H35BrN4O2/c1-3-37-33-28(22-8-10-24(31)11-9-22)23-13-18-35(19-14-23)30(2)15-20-34(21-16-30)29(36)26-12-17-32-27-7-5-4-6-25(26)27/h4-12,17,23H,3,13-16,18-21H2,1-2H3/b33-28+. The zero-order valence-electron chi connectivity index (χ0n) is 21.7. The summed E-state index contributed by atoms with van der Waals surface area (Å²) < 4.78 is 1.07. The summed E-state index contributed by atoms with van der Waals surface area (Å²) in [5.74, 6) is 0.500. The van der Waals surface area contributed by atoms with Gasteiger partial charge in [-0.3, -0.25) is 14.7 Å². The van der Waals surface area contributed by atoms with Crippen molar-refractivity contribution in [1.82, 2.24) is 14.8 Å². The molecule has 0 aliphatic carbocycles. The highest BCUT2D eigenvalue weighted by molar-refractivity contribution is 9.10. The van der Waals surface area contributed by atoms with Gasteiger partial charge in [-0.15, -0.1) is 0 Å². The Balaban J connectivity index is 1.21. The van der Waals surface area contributed by atoms with Gasteiger partial charge >= 0.3 is 0 Å². The third kappa shape index (κ3) is 5.58. The first-order valence-electron chi connectivity index (χ1n) is 13.3. The van der Waals surface area contributed by atoms with Crippen molar-refractivity contribution in [2.45, 2.75) is 45.1 Å². The van der Waals surface area contributed by atoms with Crippen molar-refractivity contribution >= 4 is 38.5 Å². The first-order valence-corrected chi connectivity index (χ1v) is 14.1. The Hall–Kier alpha value is -2.77. The number of carbonyl (C=O) groups excluding carboxylic acids is 1. The molecule has 2 fully saturated rings. The van der Waals surface area contributed by atoms with Crippen molar-refractivity contribution in [3.8, 4) is 0 Å². The highest BCUT2D eigenvalue weighted by Gasteiger charge is 2.39. The highest BCUT2D eigenvalue weighted by atomic mass is 79.9. The van der Waals surface area contributed by atoms with Crippen LogP contribution < -0.4 is 0 Å². The number of piperidine rings is 2. The van der Waals surface area contributed by atoms with Gasteiger partial charge in [0.1, 0.15) is 6.61 Å². The molecule has 1 aromatic heterocycles. The number of pyridine rings is 1. The summed E-state index contributed by atoms with van der Waals surface area (Å²) in [4.78, 5) is 28.0. The Morgan fingerprint density at radius 1 is 1.05 bits per heavy atom. The molecular formula is C30H35BrN4O2. The Morgan fingerprint density at radius 3 is 2.46 bits per heavy atom. The Morgan fingerprint density at radius 2 is 1.76 bits per heavy atom. The van der Waals surface area contributed by atoms with Crippen molar-refractivity contribution in [1.29, 1.82) is 0 Å². The second-order valence-electron chi connectivity index (χ2n) is 10.3. The predicted molar refractivity (Wildman–Crippen MR) is 152 cm³/mol. The molecule has 0 spiro atoms. The molecule has 0 radical (unpaired) electrons. The third-order valence-electron chi connectivity index (χ3n) is 8.08. The number of fused-ring (bicyclic) bond motifs is 1. The lowest BCUT2D eigenvalue weighted by Gasteiger charge is -2.49. The molecule has 7 heteroatoms. The van der Waals surface area contributed by atoms with Crippen molar-refractivity contribution in [2.24, 2.45) is 11.1 Å². The van der Waals surface area contributed by atoms with E-state index in [4.69, 9.17) is 4.84 Å². The average molecular weight is 564 g/mol. The number of oxime groups is 1. The van der Waals surface area contributed by atoms with Gasteiger partial charge in [-0.1, -0.05) is 51.4 Å². The third-order valence-corrected chi connectivity index (χ3v) is 8.61. The van der Waals surface area contributed by atoms with Crippen LogP contribution in [0.15, 0.2) is 70.4 Å². The van der Waals surface area contributed by atoms with E-state index in [9.17, 15) is 4.79 Å². The molecule has 0 N–H and O–H groups in total. The predicted octanol–water partition coefficient (Wildman–Crippen LogP) is 6.14. The fraction of sp³-hybridized carbons (Fsp3) is 0.433. The first-order chi connectivity index (χ1) is 18.0. The van der Waals surface area contributed by atoms with E-state index >= 15 is 0 Å². The molecule has 2 saturated heterocycles. The summed E-state index contributed by atoms with van der Waals surface area (Å²) in [6.07, 6.45) is 5.83. The molecule has 0 saturated carbocycles. The quantitative estimate of drug-likeness (QED) is 0.267. The van der Waals surface area contributed by atoms with Crippen molar-refractivity contribution in [3.05, 3.63) is 76.4 Å². The van der Waals surface area contributed by atoms with Crippen molar-refractivity contribution < 1.29 is 9.63 Å². The smallest absolute Gasteiger partial charge is 0.254 e. The van der Waals surface area contributed by atoms with Crippen LogP contribution in [-0.2, 0) is 4.84 Å². The monoisotopic (exact) mass is 562 g/mol. The number of benzene rings is 2. The van der Waals surface area contributed by atoms with Gasteiger partial charge in [0.15, 0.2) is 0 Å². The number of rotatable bonds is 6. The second-order valence-corrected chi connectivity index (χ2v) is 11.2. The SMILES string of the molecule is CCO/N=C(\c1ccc(Br)cc1)C1CCN(C2(C)CCN(C(=O)c3ccnc4ccccc34)CC2)CC1. The molecule has 2 aromatic carbocycles. The van der Waals surface area contributed by atoms with Crippen LogP contribution in [0.1, 0.15) is 55.5 Å². The molecule has 3 heterocycles. The molecule has 2 aliphatic heterocycles. The summed E-state index contributed by atoms with van der Waals surface area (Å²) >= 11 is 3.53. The molecule has 5 rings (SSSR count). The van der Waals surface area contributed by atoms with E-state index in [0.29, 0.717) is 12.5 Å². The number of hydrogen-bond donors (Lipinski definition) is 0. The number of para-hydroxylation sites is 1. The number of hydrogen-bond acceptors (Lipinski definition) is 5. The molecule has 1 amide bonds. The topological polar surface area (TPSA) is 58.0 Å². The number of likely N-dealkylation sites (tertiary alicyclic amines) is 2. The minimum Gasteiger partial charge on any atom is -0.396 e. The molecule has 194 valence electrons. The Labute approximate surface area is 227 Å². The maximum atomic E-state index is 13.4. The van der Waals surface area contributed by atoms with Gasteiger partial charge in [-0.2, -0.15) is 0 Å². The maximum absolute atomic E-state index is 13.4. The minimum atomic E-state index is 0.108. The maximum Gasteiger partial charge on any atom is 0.254 e. The number of amides is 1. The number of aromatic nitrogens is 1. The molecule has 2 aliphatic rings. The summed E-state index contributed by atoms with van der Waals surface area (Å²) in [7, 11) is 0. The van der Waals surface area contributed by atoms with Gasteiger partial charge in [0, 0.05) is 40.6 Å². The highest BCUT2D eigenvalue weighted by Crippen LogP contribution is 2.34. The van der Waals surface area contributed by atoms with E-state index in [0.717, 1.165) is 84.1 Å². The van der Waals surface area contributed by atoms with Crippen LogP contribution in [0.25, 0.3) is 10.9 Å². The largest absolute Gasteiger partial charge is 0.396 e. The molecular weight excluding hydrogens is 528 g/mol. The average Bonchev–Trinajstić information content (AvgIpc) is 2.94. The summed E-state index contributed by atoms with van der Waals surface area (Å²) in [5.41, 5.74) is 3.93. The van der Waals surface area contributed by atoms with Gasteiger partial charge < -0.3 is 9.74 Å². The molecule has 3 aromatic rings. The first kappa shape index (κ1) is 25.9. The van der Waals surface area contributed by atoms with E-state index in [1.54, 1.807) is 6.20 Å². The van der Waals surface area contributed by atoms with E-state index in [1.807, 2.05) is 42.2 Å². The van der Waals surface area contributed by atoms with E-state index in [-0.39, 0.29) is 11.4 Å². The van der Waals surface area contributed by atoms with E-state index < -0.39 is 0 Å². The number of carbonyl (C=O) groups is 1. The Bertz CT molecular complexity index is 1250. The van der Waals surface area contributed by atoms with Crippen LogP contribution in [-0.4, -0.2) is 64.7 Å². The molecule has 0 bridgehead atoms. The zero-order chi connectivity index (χ0) is 25.8. The molecule has 6 nitrogen and oxygen atoms in total. The van der Waals surface area contributed by atoms with Gasteiger partial charge in [-0.25, -0.2) is 0 Å². The fourth-order valence-electron chi connectivity index (χ4n) is 5.77. The molecule has 37 heavy (non-hydrogen) atoms. The fourth-order valence-corrected chi connectivity index (χ4v) is 6.04. The summed E-state index contributed by atoms with van der Waals surface area (Å²) in [5, 5.41) is 5.47. The van der Waals surface area contributed by atoms with E-state index in [1.165, 1.54) is 0 Å². The van der Waals surface area contributed by atoms with Crippen LogP contribution in [0.2, 0.25) is 0 Å². The second kappa shape index (κ2) is 11.3. The van der Waals surface area contributed by atoms with Crippen LogP contribution in [0, 0.1) is 5.92 Å². The van der Waals surface area contributed by atoms with Gasteiger partial charge in [0.25, 0.3) is 5.91 Å². The summed E-state index contributed by atoms with van der Waals surface area (Å²) in [6.45, 7) is 8.55. The lowest BCUT2D eigenvalue weighted by atomic mass is 9.82. The molecule has 0 unspecified atom stereocenters. The van der Waals surface area contributed by atoms with Gasteiger partial charge in [-0.05, 0) is 82.4 Å². The van der Waals surface area contributed by atoms with Crippen LogP contribution >= 0.6 is 15.9 Å². The summed E-state index contributed by atoms with van der Waals surface area (Å²) in [6, 6.07) is 18.1. The zero-order valence-corrected chi connectivity index (χ0v) is 23.3. The van der Waals surface area contributed by atoms with Crippen LogP contribution in [0.3, 0.4) is 0 Å². The number of nitrogens with zero attached hydrogens (tertiary/aromatic N) is 4. The van der Waals surface area contributed by atoms with Crippen molar-refractivity contribution in [3.63, 3.8) is 0 Å². The van der Waals surface area contributed by atoms with E-state index in [2.05, 4.69) is 62.2 Å². The van der Waals surface area contributed by atoms with Gasteiger partial charge in [0.05, 0.1) is 16.8 Å². The number of halogens is 1. The normalized spacial score (nSPS) is 19.2. The molecule has 0 atom stereocenters. The van der Waals surface area contributed by atoms with Gasteiger partial charge in [0.2, 0.25) is 0 Å². The lowest BCUT2D eigenvalue weighted by Crippen LogP contribution is -2.56.